The van der Waals surface area contributed by atoms with Crippen LogP contribution >= 0.6 is 0 Å². The Bertz CT molecular complexity index is 350. The van der Waals surface area contributed by atoms with Crippen molar-refractivity contribution in [1.29, 1.82) is 0 Å². The third-order valence-electron chi connectivity index (χ3n) is 3.26. The molecule has 1 fully saturated rings. The summed E-state index contributed by atoms with van der Waals surface area (Å²) >= 11 is 0. The molecular formula is C11H18N4. The monoisotopic (exact) mass is 206 g/mol. The van der Waals surface area contributed by atoms with Gasteiger partial charge in [0.05, 0.1) is 0 Å². The Morgan fingerprint density at radius 3 is 3.00 bits per heavy atom. The van der Waals surface area contributed by atoms with E-state index in [0.29, 0.717) is 5.82 Å². The zero-order valence-corrected chi connectivity index (χ0v) is 9.40. The first-order chi connectivity index (χ1) is 7.22. The summed E-state index contributed by atoms with van der Waals surface area (Å²) in [6, 6.07) is 0. The van der Waals surface area contributed by atoms with Crippen molar-refractivity contribution >= 4 is 11.6 Å². The van der Waals surface area contributed by atoms with Crippen molar-refractivity contribution in [3.63, 3.8) is 0 Å². The van der Waals surface area contributed by atoms with Crippen LogP contribution < -0.4 is 10.6 Å². The van der Waals surface area contributed by atoms with Crippen LogP contribution in [0.15, 0.2) is 6.33 Å². The molecule has 2 heterocycles. The molecule has 0 aromatic carbocycles. The lowest BCUT2D eigenvalue weighted by atomic mass is 10.1. The van der Waals surface area contributed by atoms with Crippen molar-refractivity contribution in [2.75, 3.05) is 23.7 Å². The standard InChI is InChI=1S/C11H18N4/c1-3-9-4-5-15(6-9)11-8(2)10(12)13-7-14-11/h7,9H,3-6H2,1-2H3,(H2,12,13,14). The molecule has 82 valence electrons. The molecule has 1 atom stereocenters. The highest BCUT2D eigenvalue weighted by Gasteiger charge is 2.23. The Kier molecular flexibility index (Phi) is 2.75. The molecule has 1 unspecified atom stereocenters. The first kappa shape index (κ1) is 10.2. The van der Waals surface area contributed by atoms with Gasteiger partial charge in [-0.2, -0.15) is 0 Å². The number of aromatic nitrogens is 2. The SMILES string of the molecule is CCC1CCN(c2ncnc(N)c2C)C1. The molecule has 0 aliphatic carbocycles. The second-order valence-electron chi connectivity index (χ2n) is 4.22. The normalized spacial score (nSPS) is 20.9. The number of anilines is 2. The van der Waals surface area contributed by atoms with E-state index >= 15 is 0 Å². The molecule has 0 amide bonds. The maximum Gasteiger partial charge on any atom is 0.137 e. The van der Waals surface area contributed by atoms with Gasteiger partial charge in [0.1, 0.15) is 18.0 Å². The Balaban J connectivity index is 2.20. The zero-order chi connectivity index (χ0) is 10.8. The Morgan fingerprint density at radius 2 is 2.33 bits per heavy atom. The molecule has 15 heavy (non-hydrogen) atoms. The largest absolute Gasteiger partial charge is 0.383 e. The van der Waals surface area contributed by atoms with Crippen molar-refractivity contribution in [3.8, 4) is 0 Å². The molecule has 2 rings (SSSR count). The average molecular weight is 206 g/mol. The number of hydrogen-bond donors (Lipinski definition) is 1. The highest BCUT2D eigenvalue weighted by molar-refractivity contribution is 5.56. The fourth-order valence-electron chi connectivity index (χ4n) is 2.13. The molecule has 0 radical (unpaired) electrons. The van der Waals surface area contributed by atoms with Crippen LogP contribution in [0, 0.1) is 12.8 Å². The van der Waals surface area contributed by atoms with Gasteiger partial charge in [-0.3, -0.25) is 0 Å². The van der Waals surface area contributed by atoms with Gasteiger partial charge in [-0.25, -0.2) is 9.97 Å². The predicted octanol–water partition coefficient (Wildman–Crippen LogP) is 1.60. The molecule has 4 nitrogen and oxygen atoms in total. The summed E-state index contributed by atoms with van der Waals surface area (Å²) in [5.41, 5.74) is 6.79. The maximum atomic E-state index is 5.78. The number of nitrogens with zero attached hydrogens (tertiary/aromatic N) is 3. The van der Waals surface area contributed by atoms with Gasteiger partial charge >= 0.3 is 0 Å². The molecule has 0 bridgehead atoms. The number of rotatable bonds is 2. The van der Waals surface area contributed by atoms with Crippen LogP contribution in [0.1, 0.15) is 25.3 Å². The van der Waals surface area contributed by atoms with Crippen LogP contribution in [-0.4, -0.2) is 23.1 Å². The minimum absolute atomic E-state index is 0.597. The van der Waals surface area contributed by atoms with Gasteiger partial charge in [0.25, 0.3) is 0 Å². The minimum atomic E-state index is 0.597. The molecule has 1 aromatic rings. The topological polar surface area (TPSA) is 55.0 Å². The van der Waals surface area contributed by atoms with Crippen molar-refractivity contribution in [2.45, 2.75) is 26.7 Å². The van der Waals surface area contributed by atoms with Gasteiger partial charge < -0.3 is 10.6 Å². The average Bonchev–Trinajstić information content (AvgIpc) is 2.70. The van der Waals surface area contributed by atoms with E-state index in [-0.39, 0.29) is 0 Å². The van der Waals surface area contributed by atoms with E-state index in [1.807, 2.05) is 6.92 Å². The Hall–Kier alpha value is -1.32. The summed E-state index contributed by atoms with van der Waals surface area (Å²) < 4.78 is 0. The van der Waals surface area contributed by atoms with Crippen LogP contribution in [0.5, 0.6) is 0 Å². The third kappa shape index (κ3) is 1.89. The van der Waals surface area contributed by atoms with Crippen LogP contribution in [0.3, 0.4) is 0 Å². The van der Waals surface area contributed by atoms with Crippen molar-refractivity contribution in [1.82, 2.24) is 9.97 Å². The molecule has 1 aromatic heterocycles. The molecule has 4 heteroatoms. The summed E-state index contributed by atoms with van der Waals surface area (Å²) in [5.74, 6) is 2.42. The lowest BCUT2D eigenvalue weighted by Crippen LogP contribution is -2.22. The Morgan fingerprint density at radius 1 is 1.53 bits per heavy atom. The first-order valence-corrected chi connectivity index (χ1v) is 5.54. The smallest absolute Gasteiger partial charge is 0.137 e. The van der Waals surface area contributed by atoms with Crippen LogP contribution in [0.4, 0.5) is 11.6 Å². The summed E-state index contributed by atoms with van der Waals surface area (Å²) in [6.07, 6.45) is 4.06. The van der Waals surface area contributed by atoms with Crippen molar-refractivity contribution in [2.24, 2.45) is 5.92 Å². The van der Waals surface area contributed by atoms with Gasteiger partial charge in [-0.05, 0) is 19.3 Å². The summed E-state index contributed by atoms with van der Waals surface area (Å²) in [4.78, 5) is 10.6. The predicted molar refractivity (Wildman–Crippen MR) is 61.8 cm³/mol. The lowest BCUT2D eigenvalue weighted by molar-refractivity contribution is 0.568. The van der Waals surface area contributed by atoms with E-state index in [1.54, 1.807) is 6.33 Å². The summed E-state index contributed by atoms with van der Waals surface area (Å²) in [5, 5.41) is 0. The van der Waals surface area contributed by atoms with Gasteiger partial charge in [-0.15, -0.1) is 0 Å². The summed E-state index contributed by atoms with van der Waals surface area (Å²) in [6.45, 7) is 6.43. The second kappa shape index (κ2) is 4.04. The number of nitrogen functional groups attached to an aromatic ring is 1. The second-order valence-corrected chi connectivity index (χ2v) is 4.22. The van der Waals surface area contributed by atoms with Gasteiger partial charge in [0.2, 0.25) is 0 Å². The third-order valence-corrected chi connectivity index (χ3v) is 3.26. The summed E-state index contributed by atoms with van der Waals surface area (Å²) in [7, 11) is 0. The fourth-order valence-corrected chi connectivity index (χ4v) is 2.13. The van der Waals surface area contributed by atoms with E-state index in [9.17, 15) is 0 Å². The van der Waals surface area contributed by atoms with Crippen LogP contribution in [-0.2, 0) is 0 Å². The Labute approximate surface area is 90.5 Å². The molecule has 0 saturated carbocycles. The molecular weight excluding hydrogens is 188 g/mol. The van der Waals surface area contributed by atoms with E-state index in [2.05, 4.69) is 21.8 Å². The van der Waals surface area contributed by atoms with Crippen molar-refractivity contribution in [3.05, 3.63) is 11.9 Å². The van der Waals surface area contributed by atoms with Gasteiger partial charge in [0.15, 0.2) is 0 Å². The maximum absolute atomic E-state index is 5.78. The zero-order valence-electron chi connectivity index (χ0n) is 9.40. The number of hydrogen-bond acceptors (Lipinski definition) is 4. The molecule has 1 aliphatic rings. The highest BCUT2D eigenvalue weighted by Crippen LogP contribution is 2.27. The number of nitrogens with two attached hydrogens (primary N) is 1. The van der Waals surface area contributed by atoms with E-state index in [1.165, 1.54) is 12.8 Å². The highest BCUT2D eigenvalue weighted by atomic mass is 15.2. The van der Waals surface area contributed by atoms with Gasteiger partial charge in [0, 0.05) is 18.7 Å². The quantitative estimate of drug-likeness (QED) is 0.798. The van der Waals surface area contributed by atoms with E-state index < -0.39 is 0 Å². The van der Waals surface area contributed by atoms with Crippen molar-refractivity contribution < 1.29 is 0 Å². The molecule has 0 spiro atoms. The van der Waals surface area contributed by atoms with Crippen LogP contribution in [0.2, 0.25) is 0 Å². The fraction of sp³-hybridized carbons (Fsp3) is 0.636. The van der Waals surface area contributed by atoms with E-state index in [0.717, 1.165) is 30.4 Å². The molecule has 2 N–H and O–H groups in total. The van der Waals surface area contributed by atoms with Gasteiger partial charge in [-0.1, -0.05) is 13.3 Å². The molecule has 1 aliphatic heterocycles. The molecule has 1 saturated heterocycles. The first-order valence-electron chi connectivity index (χ1n) is 5.54. The lowest BCUT2D eigenvalue weighted by Gasteiger charge is -2.19. The van der Waals surface area contributed by atoms with Crippen LogP contribution in [0.25, 0.3) is 0 Å². The van der Waals surface area contributed by atoms with E-state index in [4.69, 9.17) is 5.73 Å². The minimum Gasteiger partial charge on any atom is -0.383 e.